The van der Waals surface area contributed by atoms with E-state index in [2.05, 4.69) is 9.89 Å². The molecule has 1 aliphatic rings. The largest absolute Gasteiger partial charge is 0.416 e. The van der Waals surface area contributed by atoms with Crippen LogP contribution in [0.1, 0.15) is 12.2 Å². The van der Waals surface area contributed by atoms with Crippen LogP contribution in [0.4, 0.5) is 13.2 Å². The highest BCUT2D eigenvalue weighted by Gasteiger charge is 2.44. The lowest BCUT2D eigenvalue weighted by Crippen LogP contribution is -2.51. The Bertz CT molecular complexity index is 478. The van der Waals surface area contributed by atoms with Gasteiger partial charge in [0, 0.05) is 25.5 Å². The van der Waals surface area contributed by atoms with Crippen LogP contribution in [0.2, 0.25) is 5.15 Å². The van der Waals surface area contributed by atoms with E-state index in [1.807, 2.05) is 0 Å². The maximum absolute atomic E-state index is 12.5. The fourth-order valence-electron chi connectivity index (χ4n) is 1.87. The average Bonchev–Trinajstić information content (AvgIpc) is 2.81. The van der Waals surface area contributed by atoms with Crippen molar-refractivity contribution in [1.29, 1.82) is 0 Å². The van der Waals surface area contributed by atoms with Crippen molar-refractivity contribution < 1.29 is 27.2 Å². The minimum Gasteiger partial charge on any atom is -0.365 e. The van der Waals surface area contributed by atoms with Crippen LogP contribution in [0.5, 0.6) is 0 Å². The number of hydrogen-bond donors (Lipinski definition) is 0. The van der Waals surface area contributed by atoms with Crippen LogP contribution >= 0.6 is 11.6 Å². The zero-order valence-electron chi connectivity index (χ0n) is 10.3. The molecule has 0 radical (unpaired) electrons. The lowest BCUT2D eigenvalue weighted by atomic mass is 10.2. The van der Waals surface area contributed by atoms with Crippen molar-refractivity contribution in [2.75, 3.05) is 19.7 Å². The standard InChI is InChI=1S/C11H12ClF3N2O3/c12-9-5-7(20-16-9)1-2-10(18)17-3-4-19-8(6-17)11(13,14)15/h5,8H,1-4,6H2/t8-/m0/s1. The van der Waals surface area contributed by atoms with E-state index < -0.39 is 18.8 Å². The van der Waals surface area contributed by atoms with Crippen molar-refractivity contribution in [2.45, 2.75) is 25.1 Å². The molecule has 1 saturated heterocycles. The maximum atomic E-state index is 12.5. The molecule has 0 N–H and O–H groups in total. The van der Waals surface area contributed by atoms with Crippen LogP contribution < -0.4 is 0 Å². The molecular weight excluding hydrogens is 301 g/mol. The lowest BCUT2D eigenvalue weighted by molar-refractivity contribution is -0.236. The zero-order chi connectivity index (χ0) is 14.8. The quantitative estimate of drug-likeness (QED) is 0.857. The van der Waals surface area contributed by atoms with Crippen molar-refractivity contribution in [2.24, 2.45) is 0 Å². The summed E-state index contributed by atoms with van der Waals surface area (Å²) in [5.41, 5.74) is 0. The van der Waals surface area contributed by atoms with Gasteiger partial charge in [0.25, 0.3) is 0 Å². The molecule has 112 valence electrons. The molecule has 0 aliphatic carbocycles. The molecule has 2 heterocycles. The molecule has 0 bridgehead atoms. The molecule has 0 spiro atoms. The number of nitrogens with zero attached hydrogens (tertiary/aromatic N) is 2. The fourth-order valence-corrected chi connectivity index (χ4v) is 2.02. The molecule has 1 aromatic heterocycles. The average molecular weight is 313 g/mol. The van der Waals surface area contributed by atoms with E-state index in [0.717, 1.165) is 4.90 Å². The summed E-state index contributed by atoms with van der Waals surface area (Å²) in [6.07, 6.45) is -6.10. The number of ether oxygens (including phenoxy) is 1. The molecule has 0 aromatic carbocycles. The normalized spacial score (nSPS) is 20.2. The van der Waals surface area contributed by atoms with Crippen LogP contribution in [-0.4, -0.2) is 47.9 Å². The summed E-state index contributed by atoms with van der Waals surface area (Å²) in [6.45, 7) is -0.438. The Morgan fingerprint density at radius 1 is 1.55 bits per heavy atom. The van der Waals surface area contributed by atoms with Crippen LogP contribution in [0.15, 0.2) is 10.6 Å². The number of aromatic nitrogens is 1. The highest BCUT2D eigenvalue weighted by molar-refractivity contribution is 6.29. The molecule has 1 fully saturated rings. The Hall–Kier alpha value is -1.28. The van der Waals surface area contributed by atoms with Crippen molar-refractivity contribution in [3.05, 3.63) is 17.0 Å². The lowest BCUT2D eigenvalue weighted by Gasteiger charge is -2.33. The highest BCUT2D eigenvalue weighted by Crippen LogP contribution is 2.26. The fraction of sp³-hybridized carbons (Fsp3) is 0.636. The molecule has 0 unspecified atom stereocenters. The first kappa shape index (κ1) is 15.1. The number of rotatable bonds is 3. The van der Waals surface area contributed by atoms with Gasteiger partial charge in [-0.3, -0.25) is 4.79 Å². The minimum absolute atomic E-state index is 0.0378. The van der Waals surface area contributed by atoms with Crippen LogP contribution in [0.3, 0.4) is 0 Å². The second-order valence-corrected chi connectivity index (χ2v) is 4.74. The predicted octanol–water partition coefficient (Wildman–Crippen LogP) is 2.05. The van der Waals surface area contributed by atoms with E-state index in [1.54, 1.807) is 0 Å². The molecule has 1 aliphatic heterocycles. The third kappa shape index (κ3) is 3.86. The SMILES string of the molecule is O=C(CCc1cc(Cl)no1)N1CCO[C@H](C(F)(F)F)C1. The van der Waals surface area contributed by atoms with Gasteiger partial charge < -0.3 is 14.2 Å². The van der Waals surface area contributed by atoms with Crippen molar-refractivity contribution in [3.8, 4) is 0 Å². The van der Waals surface area contributed by atoms with Gasteiger partial charge >= 0.3 is 6.18 Å². The molecular formula is C11H12ClF3N2O3. The van der Waals surface area contributed by atoms with E-state index in [-0.39, 0.29) is 37.1 Å². The maximum Gasteiger partial charge on any atom is 0.416 e. The molecule has 20 heavy (non-hydrogen) atoms. The molecule has 1 atom stereocenters. The molecule has 1 aromatic rings. The predicted molar refractivity (Wildman–Crippen MR) is 62.2 cm³/mol. The van der Waals surface area contributed by atoms with Gasteiger partial charge in [-0.05, 0) is 0 Å². The smallest absolute Gasteiger partial charge is 0.365 e. The number of carbonyl (C=O) groups is 1. The number of hydrogen-bond acceptors (Lipinski definition) is 4. The van der Waals surface area contributed by atoms with Gasteiger partial charge in [0.05, 0.1) is 13.2 Å². The van der Waals surface area contributed by atoms with Crippen molar-refractivity contribution in [3.63, 3.8) is 0 Å². The zero-order valence-corrected chi connectivity index (χ0v) is 11.1. The van der Waals surface area contributed by atoms with Gasteiger partial charge in [0.15, 0.2) is 11.3 Å². The monoisotopic (exact) mass is 312 g/mol. The summed E-state index contributed by atoms with van der Waals surface area (Å²) in [6, 6.07) is 1.46. The summed E-state index contributed by atoms with van der Waals surface area (Å²) < 4.78 is 47.0. The Morgan fingerprint density at radius 2 is 2.30 bits per heavy atom. The van der Waals surface area contributed by atoms with Gasteiger partial charge in [0.2, 0.25) is 5.91 Å². The first-order valence-corrected chi connectivity index (χ1v) is 6.31. The van der Waals surface area contributed by atoms with Gasteiger partial charge in [0.1, 0.15) is 5.76 Å². The molecule has 2 rings (SSSR count). The second kappa shape index (κ2) is 6.01. The summed E-state index contributed by atoms with van der Waals surface area (Å²) in [4.78, 5) is 13.0. The van der Waals surface area contributed by atoms with Gasteiger partial charge in [-0.25, -0.2) is 0 Å². The van der Waals surface area contributed by atoms with E-state index in [0.29, 0.717) is 5.76 Å². The third-order valence-corrected chi connectivity index (χ3v) is 3.08. The number of halogens is 4. The third-order valence-electron chi connectivity index (χ3n) is 2.90. The van der Waals surface area contributed by atoms with Crippen LogP contribution in [-0.2, 0) is 16.0 Å². The van der Waals surface area contributed by atoms with E-state index in [1.165, 1.54) is 6.07 Å². The molecule has 9 heteroatoms. The van der Waals surface area contributed by atoms with Crippen molar-refractivity contribution in [1.82, 2.24) is 10.1 Å². The summed E-state index contributed by atoms with van der Waals surface area (Å²) in [5, 5.41) is 3.63. The number of carbonyl (C=O) groups excluding carboxylic acids is 1. The van der Waals surface area contributed by atoms with E-state index in [9.17, 15) is 18.0 Å². The van der Waals surface area contributed by atoms with Gasteiger partial charge in [-0.1, -0.05) is 16.8 Å². The first-order chi connectivity index (χ1) is 9.36. The Morgan fingerprint density at radius 3 is 2.90 bits per heavy atom. The van der Waals surface area contributed by atoms with E-state index in [4.69, 9.17) is 16.1 Å². The Kier molecular flexibility index (Phi) is 4.54. The van der Waals surface area contributed by atoms with Gasteiger partial charge in [-0.15, -0.1) is 0 Å². The van der Waals surface area contributed by atoms with Crippen LogP contribution in [0.25, 0.3) is 0 Å². The Labute approximate surface area is 117 Å². The molecule has 0 saturated carbocycles. The summed E-state index contributed by atoms with van der Waals surface area (Å²) in [5.74, 6) is 0.0408. The first-order valence-electron chi connectivity index (χ1n) is 5.93. The topological polar surface area (TPSA) is 55.6 Å². The summed E-state index contributed by atoms with van der Waals surface area (Å²) >= 11 is 5.55. The number of alkyl halides is 3. The minimum atomic E-state index is -4.46. The summed E-state index contributed by atoms with van der Waals surface area (Å²) in [7, 11) is 0. The molecule has 5 nitrogen and oxygen atoms in total. The number of amides is 1. The van der Waals surface area contributed by atoms with Gasteiger partial charge in [-0.2, -0.15) is 13.2 Å². The molecule has 1 amide bonds. The highest BCUT2D eigenvalue weighted by atomic mass is 35.5. The number of aryl methyl sites for hydroxylation is 1. The van der Waals surface area contributed by atoms with E-state index >= 15 is 0 Å². The second-order valence-electron chi connectivity index (χ2n) is 4.36. The van der Waals surface area contributed by atoms with Crippen molar-refractivity contribution >= 4 is 17.5 Å². The van der Waals surface area contributed by atoms with Crippen LogP contribution in [0, 0.1) is 0 Å². The number of morpholine rings is 1. The Balaban J connectivity index is 1.86.